The van der Waals surface area contributed by atoms with Crippen LogP contribution in [0.1, 0.15) is 38.1 Å². The first kappa shape index (κ1) is 11.8. The Bertz CT molecular complexity index is 527. The third-order valence-corrected chi connectivity index (χ3v) is 3.95. The smallest absolute Gasteiger partial charge is 0.140 e. The van der Waals surface area contributed by atoms with Gasteiger partial charge in [-0.05, 0) is 25.0 Å². The number of hydrogen-bond donors (Lipinski definition) is 0. The largest absolute Gasteiger partial charge is 0.328 e. The molecule has 0 unspecified atom stereocenters. The number of rotatable bonds is 2. The Labute approximate surface area is 113 Å². The van der Waals surface area contributed by atoms with Gasteiger partial charge in [-0.15, -0.1) is 0 Å². The summed E-state index contributed by atoms with van der Waals surface area (Å²) in [7, 11) is 0. The highest BCUT2D eigenvalue weighted by molar-refractivity contribution is 6.30. The number of aromatic nitrogens is 2. The van der Waals surface area contributed by atoms with E-state index in [1.165, 1.54) is 32.1 Å². The van der Waals surface area contributed by atoms with Gasteiger partial charge in [-0.25, -0.2) is 4.98 Å². The molecule has 1 aromatic carbocycles. The normalized spacial score (nSPS) is 16.9. The molecular formula is C15H17ClN2. The minimum atomic E-state index is 0.607. The molecule has 3 heteroatoms. The van der Waals surface area contributed by atoms with Gasteiger partial charge < -0.3 is 4.57 Å². The fourth-order valence-corrected chi connectivity index (χ4v) is 3.01. The zero-order chi connectivity index (χ0) is 12.4. The van der Waals surface area contributed by atoms with Crippen LogP contribution in [0.15, 0.2) is 36.7 Å². The minimum Gasteiger partial charge on any atom is -0.328 e. The van der Waals surface area contributed by atoms with Crippen LogP contribution in [0.2, 0.25) is 5.02 Å². The van der Waals surface area contributed by atoms with Crippen molar-refractivity contribution < 1.29 is 0 Å². The van der Waals surface area contributed by atoms with E-state index in [0.717, 1.165) is 16.4 Å². The van der Waals surface area contributed by atoms with Gasteiger partial charge in [-0.1, -0.05) is 43.0 Å². The van der Waals surface area contributed by atoms with Gasteiger partial charge in [0, 0.05) is 29.0 Å². The lowest BCUT2D eigenvalue weighted by atomic mass is 9.95. The molecule has 0 spiro atoms. The average Bonchev–Trinajstić information content (AvgIpc) is 2.89. The van der Waals surface area contributed by atoms with E-state index in [4.69, 9.17) is 11.6 Å². The van der Waals surface area contributed by atoms with E-state index in [2.05, 4.69) is 21.8 Å². The summed E-state index contributed by atoms with van der Waals surface area (Å²) in [5.41, 5.74) is 1.11. The molecule has 0 radical (unpaired) electrons. The molecule has 0 N–H and O–H groups in total. The number of hydrogen-bond acceptors (Lipinski definition) is 1. The molecule has 94 valence electrons. The number of halogens is 1. The molecule has 0 amide bonds. The van der Waals surface area contributed by atoms with Crippen molar-refractivity contribution in [2.24, 2.45) is 0 Å². The van der Waals surface area contributed by atoms with Crippen molar-refractivity contribution in [3.63, 3.8) is 0 Å². The first-order chi connectivity index (χ1) is 8.84. The molecule has 1 heterocycles. The molecule has 18 heavy (non-hydrogen) atoms. The van der Waals surface area contributed by atoms with E-state index >= 15 is 0 Å². The van der Waals surface area contributed by atoms with Crippen LogP contribution >= 0.6 is 11.6 Å². The van der Waals surface area contributed by atoms with E-state index in [0.29, 0.717) is 6.04 Å². The molecule has 0 aliphatic heterocycles. The van der Waals surface area contributed by atoms with Gasteiger partial charge in [-0.3, -0.25) is 0 Å². The molecule has 1 aromatic heterocycles. The van der Waals surface area contributed by atoms with Gasteiger partial charge >= 0.3 is 0 Å². The van der Waals surface area contributed by atoms with E-state index in [9.17, 15) is 0 Å². The zero-order valence-corrected chi connectivity index (χ0v) is 11.1. The molecule has 1 aliphatic carbocycles. The molecular weight excluding hydrogens is 244 g/mol. The van der Waals surface area contributed by atoms with Crippen LogP contribution in [0.25, 0.3) is 11.4 Å². The van der Waals surface area contributed by atoms with Gasteiger partial charge in [0.1, 0.15) is 5.82 Å². The highest BCUT2D eigenvalue weighted by Gasteiger charge is 2.18. The Kier molecular flexibility index (Phi) is 3.37. The predicted octanol–water partition coefficient (Wildman–Crippen LogP) is 4.71. The van der Waals surface area contributed by atoms with Gasteiger partial charge in [0.2, 0.25) is 0 Å². The highest BCUT2D eigenvalue weighted by atomic mass is 35.5. The summed E-state index contributed by atoms with van der Waals surface area (Å²) in [6.45, 7) is 0. The minimum absolute atomic E-state index is 0.607. The van der Waals surface area contributed by atoms with E-state index < -0.39 is 0 Å². The topological polar surface area (TPSA) is 17.8 Å². The highest BCUT2D eigenvalue weighted by Crippen LogP contribution is 2.32. The van der Waals surface area contributed by atoms with Crippen molar-refractivity contribution in [2.45, 2.75) is 38.1 Å². The summed E-state index contributed by atoms with van der Waals surface area (Å²) in [5.74, 6) is 1.05. The monoisotopic (exact) mass is 260 g/mol. The lowest BCUT2D eigenvalue weighted by molar-refractivity contribution is 0.355. The first-order valence-electron chi connectivity index (χ1n) is 6.63. The van der Waals surface area contributed by atoms with Crippen molar-refractivity contribution in [3.8, 4) is 11.4 Å². The number of benzene rings is 1. The van der Waals surface area contributed by atoms with Crippen LogP contribution in [0.4, 0.5) is 0 Å². The van der Waals surface area contributed by atoms with Crippen molar-refractivity contribution >= 4 is 11.6 Å². The maximum Gasteiger partial charge on any atom is 0.140 e. The van der Waals surface area contributed by atoms with E-state index in [1.807, 2.05) is 24.4 Å². The lowest BCUT2D eigenvalue weighted by Gasteiger charge is -2.24. The fourth-order valence-electron chi connectivity index (χ4n) is 2.82. The Morgan fingerprint density at radius 1 is 1.17 bits per heavy atom. The SMILES string of the molecule is Clc1cccc(-c2nccn2C2CCCCC2)c1. The maximum absolute atomic E-state index is 6.06. The van der Waals surface area contributed by atoms with Crippen LogP contribution in [-0.2, 0) is 0 Å². The first-order valence-corrected chi connectivity index (χ1v) is 7.01. The molecule has 0 bridgehead atoms. The molecule has 2 nitrogen and oxygen atoms in total. The Morgan fingerprint density at radius 3 is 2.78 bits per heavy atom. The van der Waals surface area contributed by atoms with E-state index in [1.54, 1.807) is 0 Å². The summed E-state index contributed by atoms with van der Waals surface area (Å²) in [4.78, 5) is 4.51. The van der Waals surface area contributed by atoms with Crippen LogP contribution < -0.4 is 0 Å². The third-order valence-electron chi connectivity index (χ3n) is 3.72. The predicted molar refractivity (Wildman–Crippen MR) is 74.8 cm³/mol. The van der Waals surface area contributed by atoms with Crippen LogP contribution in [0.3, 0.4) is 0 Å². The summed E-state index contributed by atoms with van der Waals surface area (Å²) < 4.78 is 2.32. The van der Waals surface area contributed by atoms with Gasteiger partial charge in [0.15, 0.2) is 0 Å². The fraction of sp³-hybridized carbons (Fsp3) is 0.400. The summed E-state index contributed by atoms with van der Waals surface area (Å²) in [6, 6.07) is 8.56. The van der Waals surface area contributed by atoms with Crippen molar-refractivity contribution in [1.29, 1.82) is 0 Å². The molecule has 0 saturated heterocycles. The third kappa shape index (κ3) is 2.30. The summed E-state index contributed by atoms with van der Waals surface area (Å²) in [6.07, 6.45) is 10.6. The second-order valence-corrected chi connectivity index (χ2v) is 5.40. The molecule has 1 fully saturated rings. The molecule has 1 saturated carbocycles. The van der Waals surface area contributed by atoms with Gasteiger partial charge in [-0.2, -0.15) is 0 Å². The Hall–Kier alpha value is -1.28. The summed E-state index contributed by atoms with van der Waals surface area (Å²) in [5, 5.41) is 0.769. The Morgan fingerprint density at radius 2 is 2.00 bits per heavy atom. The molecule has 2 aromatic rings. The van der Waals surface area contributed by atoms with Crippen LogP contribution in [-0.4, -0.2) is 9.55 Å². The second kappa shape index (κ2) is 5.15. The number of nitrogens with zero attached hydrogens (tertiary/aromatic N) is 2. The molecule has 3 rings (SSSR count). The van der Waals surface area contributed by atoms with E-state index in [-0.39, 0.29) is 0 Å². The summed E-state index contributed by atoms with van der Waals surface area (Å²) >= 11 is 6.06. The van der Waals surface area contributed by atoms with Gasteiger partial charge in [0.05, 0.1) is 0 Å². The molecule has 1 aliphatic rings. The standard InChI is InChI=1S/C15H17ClN2/c16-13-6-4-5-12(11-13)15-17-9-10-18(15)14-7-2-1-3-8-14/h4-6,9-11,14H,1-3,7-8H2. The van der Waals surface area contributed by atoms with Crippen LogP contribution in [0, 0.1) is 0 Å². The van der Waals surface area contributed by atoms with Crippen LogP contribution in [0.5, 0.6) is 0 Å². The lowest BCUT2D eigenvalue weighted by Crippen LogP contribution is -2.13. The maximum atomic E-state index is 6.06. The zero-order valence-electron chi connectivity index (χ0n) is 10.3. The van der Waals surface area contributed by atoms with Crippen molar-refractivity contribution in [1.82, 2.24) is 9.55 Å². The van der Waals surface area contributed by atoms with Crippen molar-refractivity contribution in [2.75, 3.05) is 0 Å². The quantitative estimate of drug-likeness (QED) is 0.765. The average molecular weight is 261 g/mol. The second-order valence-electron chi connectivity index (χ2n) is 4.96. The van der Waals surface area contributed by atoms with Gasteiger partial charge in [0.25, 0.3) is 0 Å². The Balaban J connectivity index is 1.95. The van der Waals surface area contributed by atoms with Crippen molar-refractivity contribution in [3.05, 3.63) is 41.7 Å². The molecule has 0 atom stereocenters. The number of imidazole rings is 1.